The first-order valence-electron chi connectivity index (χ1n) is 8.64. The fraction of sp³-hybridized carbons (Fsp3) is 0.150. The molecule has 1 aliphatic heterocycles. The van der Waals surface area contributed by atoms with E-state index in [-0.39, 0.29) is 18.0 Å². The van der Waals surface area contributed by atoms with Crippen molar-refractivity contribution in [3.63, 3.8) is 0 Å². The molecule has 0 radical (unpaired) electrons. The minimum atomic E-state index is -0.879. The maximum Gasteiger partial charge on any atom is 0.249 e. The molecule has 2 aromatic carbocycles. The summed E-state index contributed by atoms with van der Waals surface area (Å²) < 4.78 is 20.5. The number of rotatable bonds is 4. The molecule has 2 N–H and O–H groups in total. The SMILES string of the molecule is COc1ccc(-c2cc3n(n2)[C@@H](C(=O)Nc2ccccc2F)CC(=O)N3)cc1. The zero-order chi connectivity index (χ0) is 19.7. The lowest BCUT2D eigenvalue weighted by Gasteiger charge is -2.23. The number of nitrogens with zero attached hydrogens (tertiary/aromatic N) is 2. The van der Waals surface area contributed by atoms with Crippen LogP contribution < -0.4 is 15.4 Å². The monoisotopic (exact) mass is 380 g/mol. The Morgan fingerprint density at radius 1 is 1.25 bits per heavy atom. The number of benzene rings is 2. The fourth-order valence-corrected chi connectivity index (χ4v) is 3.07. The predicted molar refractivity (Wildman–Crippen MR) is 102 cm³/mol. The maximum absolute atomic E-state index is 13.9. The molecular formula is C20H17FN4O3. The van der Waals surface area contributed by atoms with Gasteiger partial charge in [-0.15, -0.1) is 0 Å². The van der Waals surface area contributed by atoms with Gasteiger partial charge in [0.25, 0.3) is 0 Å². The Morgan fingerprint density at radius 2 is 2.00 bits per heavy atom. The summed E-state index contributed by atoms with van der Waals surface area (Å²) in [6.45, 7) is 0. The first kappa shape index (κ1) is 17.7. The van der Waals surface area contributed by atoms with E-state index in [0.717, 1.165) is 5.56 Å². The third-order valence-corrected chi connectivity index (χ3v) is 4.50. The van der Waals surface area contributed by atoms with Crippen molar-refractivity contribution in [2.75, 3.05) is 17.7 Å². The first-order valence-corrected chi connectivity index (χ1v) is 8.64. The number of anilines is 2. The molecule has 1 aromatic heterocycles. The summed E-state index contributed by atoms with van der Waals surface area (Å²) in [6.07, 6.45) is -0.0863. The topological polar surface area (TPSA) is 85.2 Å². The number of fused-ring (bicyclic) bond motifs is 1. The van der Waals surface area contributed by atoms with Gasteiger partial charge in [0.15, 0.2) is 0 Å². The summed E-state index contributed by atoms with van der Waals surface area (Å²) in [4.78, 5) is 24.8. The summed E-state index contributed by atoms with van der Waals surface area (Å²) in [6, 6.07) is 14.0. The van der Waals surface area contributed by atoms with Gasteiger partial charge in [0.2, 0.25) is 11.8 Å². The second-order valence-corrected chi connectivity index (χ2v) is 6.33. The third-order valence-electron chi connectivity index (χ3n) is 4.50. The van der Waals surface area contributed by atoms with Crippen molar-refractivity contribution < 1.29 is 18.7 Å². The number of methoxy groups -OCH3 is 1. The van der Waals surface area contributed by atoms with Gasteiger partial charge in [0.1, 0.15) is 23.4 Å². The molecule has 7 nitrogen and oxygen atoms in total. The first-order chi connectivity index (χ1) is 13.5. The van der Waals surface area contributed by atoms with Gasteiger partial charge in [0, 0.05) is 11.6 Å². The minimum absolute atomic E-state index is 0.0579. The van der Waals surface area contributed by atoms with Gasteiger partial charge in [-0.25, -0.2) is 9.07 Å². The van der Waals surface area contributed by atoms with E-state index >= 15 is 0 Å². The summed E-state index contributed by atoms with van der Waals surface area (Å²) >= 11 is 0. The van der Waals surface area contributed by atoms with Crippen molar-refractivity contribution in [3.8, 4) is 17.0 Å². The van der Waals surface area contributed by atoms with Crippen molar-refractivity contribution in [1.29, 1.82) is 0 Å². The Morgan fingerprint density at radius 3 is 2.71 bits per heavy atom. The summed E-state index contributed by atoms with van der Waals surface area (Å²) in [5, 5.41) is 9.73. The number of aromatic nitrogens is 2. The number of amides is 2. The molecule has 8 heteroatoms. The van der Waals surface area contributed by atoms with Gasteiger partial charge in [0.05, 0.1) is 24.9 Å². The Hall–Kier alpha value is -3.68. The van der Waals surface area contributed by atoms with Crippen molar-refractivity contribution in [2.45, 2.75) is 12.5 Å². The summed E-state index contributed by atoms with van der Waals surface area (Å²) in [5.74, 6) is -0.234. The van der Waals surface area contributed by atoms with Gasteiger partial charge >= 0.3 is 0 Å². The maximum atomic E-state index is 13.9. The molecule has 1 aliphatic rings. The Balaban J connectivity index is 1.64. The molecule has 142 valence electrons. The van der Waals surface area contributed by atoms with Crippen LogP contribution >= 0.6 is 0 Å². The average Bonchev–Trinajstić information content (AvgIpc) is 3.13. The lowest BCUT2D eigenvalue weighted by molar-refractivity contribution is -0.125. The lowest BCUT2D eigenvalue weighted by Crippen LogP contribution is -2.35. The van der Waals surface area contributed by atoms with Crippen LogP contribution in [0.15, 0.2) is 54.6 Å². The van der Waals surface area contributed by atoms with E-state index in [1.54, 1.807) is 31.4 Å². The van der Waals surface area contributed by atoms with Crippen molar-refractivity contribution in [1.82, 2.24) is 9.78 Å². The molecule has 2 amide bonds. The second-order valence-electron chi connectivity index (χ2n) is 6.33. The number of carbonyl (C=O) groups is 2. The number of carbonyl (C=O) groups excluding carboxylic acids is 2. The van der Waals surface area contributed by atoms with Crippen LogP contribution in [-0.2, 0) is 9.59 Å². The molecule has 0 saturated carbocycles. The zero-order valence-electron chi connectivity index (χ0n) is 15.0. The van der Waals surface area contributed by atoms with E-state index in [1.165, 1.54) is 22.9 Å². The Labute approximate surface area is 160 Å². The van der Waals surface area contributed by atoms with Gasteiger partial charge in [-0.2, -0.15) is 5.10 Å². The molecule has 3 aromatic rings. The summed E-state index contributed by atoms with van der Waals surface area (Å²) in [5.41, 5.74) is 1.47. The van der Waals surface area contributed by atoms with Crippen LogP contribution in [-0.4, -0.2) is 28.7 Å². The van der Waals surface area contributed by atoms with Crippen LogP contribution in [0.5, 0.6) is 5.75 Å². The van der Waals surface area contributed by atoms with E-state index in [4.69, 9.17) is 4.74 Å². The average molecular weight is 380 g/mol. The smallest absolute Gasteiger partial charge is 0.249 e. The van der Waals surface area contributed by atoms with Gasteiger partial charge in [-0.05, 0) is 36.4 Å². The molecule has 28 heavy (non-hydrogen) atoms. The van der Waals surface area contributed by atoms with Crippen LogP contribution in [0.25, 0.3) is 11.3 Å². The van der Waals surface area contributed by atoms with E-state index in [1.807, 2.05) is 12.1 Å². The number of para-hydroxylation sites is 1. The molecule has 0 spiro atoms. The van der Waals surface area contributed by atoms with E-state index in [0.29, 0.717) is 17.3 Å². The standard InChI is InChI=1S/C20H17FN4O3/c1-28-13-8-6-12(7-9-13)16-10-18-23-19(26)11-17(25(18)24-16)20(27)22-15-5-3-2-4-14(15)21/h2-10,17H,11H2,1H3,(H,22,27)(H,23,26)/t17-/m1/s1. The molecule has 0 bridgehead atoms. The molecule has 0 unspecified atom stereocenters. The highest BCUT2D eigenvalue weighted by Gasteiger charge is 2.32. The molecular weight excluding hydrogens is 363 g/mol. The van der Waals surface area contributed by atoms with Gasteiger partial charge in [-0.1, -0.05) is 12.1 Å². The van der Waals surface area contributed by atoms with Crippen LogP contribution in [0.2, 0.25) is 0 Å². The number of nitrogens with one attached hydrogen (secondary N) is 2. The molecule has 0 aliphatic carbocycles. The highest BCUT2D eigenvalue weighted by molar-refractivity contribution is 6.01. The minimum Gasteiger partial charge on any atom is -0.497 e. The van der Waals surface area contributed by atoms with Crippen molar-refractivity contribution in [3.05, 3.63) is 60.4 Å². The van der Waals surface area contributed by atoms with Crippen LogP contribution in [0.3, 0.4) is 0 Å². The fourth-order valence-electron chi connectivity index (χ4n) is 3.07. The lowest BCUT2D eigenvalue weighted by atomic mass is 10.1. The zero-order valence-corrected chi connectivity index (χ0v) is 15.0. The number of halogens is 1. The molecule has 2 heterocycles. The number of ether oxygens (including phenoxy) is 1. The molecule has 0 saturated heterocycles. The molecule has 4 rings (SSSR count). The van der Waals surface area contributed by atoms with Crippen molar-refractivity contribution in [2.24, 2.45) is 0 Å². The molecule has 0 fully saturated rings. The Kier molecular flexibility index (Phi) is 4.52. The third kappa shape index (κ3) is 3.32. The number of hydrogen-bond acceptors (Lipinski definition) is 4. The quantitative estimate of drug-likeness (QED) is 0.728. The van der Waals surface area contributed by atoms with Gasteiger partial charge < -0.3 is 15.4 Å². The highest BCUT2D eigenvalue weighted by atomic mass is 19.1. The number of hydrogen-bond donors (Lipinski definition) is 2. The molecule has 1 atom stereocenters. The second kappa shape index (κ2) is 7.15. The Bertz CT molecular complexity index is 1050. The van der Waals surface area contributed by atoms with E-state index in [9.17, 15) is 14.0 Å². The van der Waals surface area contributed by atoms with E-state index in [2.05, 4.69) is 15.7 Å². The van der Waals surface area contributed by atoms with Crippen LogP contribution in [0.1, 0.15) is 12.5 Å². The van der Waals surface area contributed by atoms with Crippen LogP contribution in [0, 0.1) is 5.82 Å². The highest BCUT2D eigenvalue weighted by Crippen LogP contribution is 2.31. The normalized spacial score (nSPS) is 15.5. The largest absolute Gasteiger partial charge is 0.497 e. The predicted octanol–water partition coefficient (Wildman–Crippen LogP) is 3.22. The van der Waals surface area contributed by atoms with Crippen LogP contribution in [0.4, 0.5) is 15.9 Å². The van der Waals surface area contributed by atoms with Crippen molar-refractivity contribution >= 4 is 23.3 Å². The van der Waals surface area contributed by atoms with Gasteiger partial charge in [-0.3, -0.25) is 9.59 Å². The van der Waals surface area contributed by atoms with E-state index < -0.39 is 17.8 Å². The summed E-state index contributed by atoms with van der Waals surface area (Å²) in [7, 11) is 1.58.